The topological polar surface area (TPSA) is 58.4 Å². The third-order valence-corrected chi connectivity index (χ3v) is 4.03. The summed E-state index contributed by atoms with van der Waals surface area (Å²) in [7, 11) is 2.09. The molecule has 0 saturated carbocycles. The van der Waals surface area contributed by atoms with Crippen molar-refractivity contribution in [3.8, 4) is 0 Å². The van der Waals surface area contributed by atoms with Gasteiger partial charge in [0.2, 0.25) is 5.91 Å². The first-order chi connectivity index (χ1) is 11.6. The van der Waals surface area contributed by atoms with Crippen LogP contribution in [-0.2, 0) is 11.3 Å². The Morgan fingerprint density at radius 3 is 2.31 bits per heavy atom. The molecular weight excluding hydrogens is 369 g/mol. The van der Waals surface area contributed by atoms with E-state index in [-0.39, 0.29) is 30.7 Å². The van der Waals surface area contributed by atoms with Crippen LogP contribution in [0.1, 0.15) is 29.2 Å². The van der Waals surface area contributed by atoms with Gasteiger partial charge in [0.1, 0.15) is 6.04 Å². The van der Waals surface area contributed by atoms with Gasteiger partial charge >= 0.3 is 0 Å². The lowest BCUT2D eigenvalue weighted by atomic mass is 10.1. The van der Waals surface area contributed by atoms with Crippen molar-refractivity contribution >= 4 is 30.7 Å². The second-order valence-electron chi connectivity index (χ2n) is 6.26. The van der Waals surface area contributed by atoms with Gasteiger partial charge in [0.15, 0.2) is 0 Å². The molecule has 6 heteroatoms. The van der Waals surface area contributed by atoms with Crippen molar-refractivity contribution in [1.82, 2.24) is 10.2 Å². The summed E-state index contributed by atoms with van der Waals surface area (Å²) in [6.07, 6.45) is 0.899. The lowest BCUT2D eigenvalue weighted by Crippen LogP contribution is -2.35. The predicted molar refractivity (Wildman–Crippen MR) is 113 cm³/mol. The first kappa shape index (κ1) is 24.4. The van der Waals surface area contributed by atoms with Crippen LogP contribution in [0.4, 0.5) is 0 Å². The van der Waals surface area contributed by atoms with Gasteiger partial charge in [-0.25, -0.2) is 0 Å². The highest BCUT2D eigenvalue weighted by Gasteiger charge is 2.14. The number of halogens is 2. The number of benzene rings is 2. The van der Waals surface area contributed by atoms with E-state index in [0.29, 0.717) is 6.54 Å². The van der Waals surface area contributed by atoms with Crippen molar-refractivity contribution in [2.75, 3.05) is 20.1 Å². The summed E-state index contributed by atoms with van der Waals surface area (Å²) in [5, 5.41) is 2.92. The minimum Gasteiger partial charge on any atom is -0.354 e. The minimum absolute atomic E-state index is 0. The van der Waals surface area contributed by atoms with Gasteiger partial charge < -0.3 is 16.0 Å². The van der Waals surface area contributed by atoms with Crippen LogP contribution in [0, 0.1) is 6.92 Å². The first-order valence-corrected chi connectivity index (χ1v) is 8.38. The average Bonchev–Trinajstić information content (AvgIpc) is 2.59. The second-order valence-corrected chi connectivity index (χ2v) is 6.26. The molecule has 3 N–H and O–H groups in total. The third-order valence-electron chi connectivity index (χ3n) is 4.03. The van der Waals surface area contributed by atoms with Crippen LogP contribution in [0.2, 0.25) is 0 Å². The van der Waals surface area contributed by atoms with Gasteiger partial charge in [-0.1, -0.05) is 60.2 Å². The van der Waals surface area contributed by atoms with E-state index in [9.17, 15) is 4.79 Å². The summed E-state index contributed by atoms with van der Waals surface area (Å²) in [5.74, 6) is -0.121. The van der Waals surface area contributed by atoms with Crippen molar-refractivity contribution in [1.29, 1.82) is 0 Å². The normalized spacial score (nSPS) is 11.2. The maximum atomic E-state index is 12.1. The number of hydrogen-bond donors (Lipinski definition) is 2. The monoisotopic (exact) mass is 397 g/mol. The van der Waals surface area contributed by atoms with E-state index < -0.39 is 6.04 Å². The van der Waals surface area contributed by atoms with Crippen LogP contribution >= 0.6 is 24.8 Å². The lowest BCUT2D eigenvalue weighted by molar-refractivity contribution is -0.122. The molecule has 26 heavy (non-hydrogen) atoms. The summed E-state index contributed by atoms with van der Waals surface area (Å²) in [6.45, 7) is 4.49. The fraction of sp³-hybridized carbons (Fsp3) is 0.350. The van der Waals surface area contributed by atoms with Gasteiger partial charge in [0.05, 0.1) is 0 Å². The zero-order valence-corrected chi connectivity index (χ0v) is 17.0. The van der Waals surface area contributed by atoms with Gasteiger partial charge in [-0.05, 0) is 38.1 Å². The van der Waals surface area contributed by atoms with Crippen LogP contribution < -0.4 is 11.1 Å². The molecule has 0 radical (unpaired) electrons. The lowest BCUT2D eigenvalue weighted by Gasteiger charge is -2.17. The summed E-state index contributed by atoms with van der Waals surface area (Å²) in [4.78, 5) is 14.4. The number of nitrogens with zero attached hydrogens (tertiary/aromatic N) is 1. The summed E-state index contributed by atoms with van der Waals surface area (Å²) >= 11 is 0. The van der Waals surface area contributed by atoms with Gasteiger partial charge in [0.25, 0.3) is 0 Å². The number of aryl methyl sites for hydroxylation is 1. The summed E-state index contributed by atoms with van der Waals surface area (Å²) in [6, 6.07) is 17.5. The van der Waals surface area contributed by atoms with Crippen molar-refractivity contribution < 1.29 is 4.79 Å². The molecule has 144 valence electrons. The van der Waals surface area contributed by atoms with E-state index in [4.69, 9.17) is 5.73 Å². The Kier molecular flexibility index (Phi) is 11.9. The van der Waals surface area contributed by atoms with E-state index in [0.717, 1.165) is 30.6 Å². The number of hydrogen-bond acceptors (Lipinski definition) is 3. The molecule has 4 nitrogen and oxygen atoms in total. The van der Waals surface area contributed by atoms with Gasteiger partial charge in [0, 0.05) is 13.1 Å². The molecule has 0 bridgehead atoms. The molecule has 0 saturated heterocycles. The Morgan fingerprint density at radius 1 is 1.08 bits per heavy atom. The quantitative estimate of drug-likeness (QED) is 0.670. The number of carbonyl (C=O) groups excluding carboxylic acids is 1. The number of amides is 1. The number of rotatable bonds is 8. The summed E-state index contributed by atoms with van der Waals surface area (Å²) < 4.78 is 0. The largest absolute Gasteiger partial charge is 0.354 e. The Balaban J connectivity index is 0.00000312. The average molecular weight is 398 g/mol. The number of nitrogens with one attached hydrogen (secondary N) is 1. The molecule has 1 amide bonds. The van der Waals surface area contributed by atoms with E-state index in [1.54, 1.807) is 0 Å². The van der Waals surface area contributed by atoms with E-state index in [1.807, 2.05) is 37.3 Å². The Labute approximate surface area is 169 Å². The molecule has 0 aromatic heterocycles. The highest BCUT2D eigenvalue weighted by molar-refractivity contribution is 5.85. The first-order valence-electron chi connectivity index (χ1n) is 8.38. The van der Waals surface area contributed by atoms with Crippen LogP contribution in [0.25, 0.3) is 0 Å². The van der Waals surface area contributed by atoms with Crippen molar-refractivity contribution in [2.24, 2.45) is 5.73 Å². The molecule has 1 atom stereocenters. The Bertz CT molecular complexity index is 635. The molecular formula is C20H29Cl2N3O. The fourth-order valence-corrected chi connectivity index (χ4v) is 2.57. The minimum atomic E-state index is -0.604. The van der Waals surface area contributed by atoms with Gasteiger partial charge in [-0.2, -0.15) is 0 Å². The molecule has 0 aliphatic carbocycles. The number of carbonyl (C=O) groups is 1. The maximum absolute atomic E-state index is 12.1. The molecule has 2 rings (SSSR count). The predicted octanol–water partition coefficient (Wildman–Crippen LogP) is 3.48. The molecule has 1 unspecified atom stereocenters. The smallest absolute Gasteiger partial charge is 0.241 e. The van der Waals surface area contributed by atoms with Crippen LogP contribution in [0.5, 0.6) is 0 Å². The maximum Gasteiger partial charge on any atom is 0.241 e. The van der Waals surface area contributed by atoms with Gasteiger partial charge in [-0.15, -0.1) is 24.8 Å². The van der Waals surface area contributed by atoms with E-state index in [2.05, 4.69) is 41.5 Å². The van der Waals surface area contributed by atoms with E-state index >= 15 is 0 Å². The Hall–Kier alpha value is -1.59. The van der Waals surface area contributed by atoms with Gasteiger partial charge in [-0.3, -0.25) is 4.79 Å². The van der Waals surface area contributed by atoms with E-state index in [1.165, 1.54) is 5.56 Å². The molecule has 2 aromatic rings. The molecule has 0 fully saturated rings. The number of nitrogens with two attached hydrogens (primary N) is 1. The van der Waals surface area contributed by atoms with Crippen molar-refractivity contribution in [3.05, 3.63) is 71.3 Å². The highest BCUT2D eigenvalue weighted by Crippen LogP contribution is 2.11. The summed E-state index contributed by atoms with van der Waals surface area (Å²) in [5.41, 5.74) is 9.31. The molecule has 0 aliphatic heterocycles. The molecule has 0 heterocycles. The molecule has 2 aromatic carbocycles. The standard InChI is InChI=1S/C20H27N3O.2ClH/c1-16-9-11-18(12-10-16)19(21)20(24)22-13-6-14-23(2)15-17-7-4-3-5-8-17;;/h3-5,7-12,19H,6,13-15,21H2,1-2H3,(H,22,24);2*1H. The SMILES string of the molecule is Cc1ccc(C(N)C(=O)NCCCN(C)Cc2ccccc2)cc1.Cl.Cl. The Morgan fingerprint density at radius 2 is 1.69 bits per heavy atom. The fourth-order valence-electron chi connectivity index (χ4n) is 2.57. The zero-order chi connectivity index (χ0) is 17.4. The third kappa shape index (κ3) is 8.19. The van der Waals surface area contributed by atoms with Crippen molar-refractivity contribution in [3.63, 3.8) is 0 Å². The molecule has 0 aliphatic rings. The van der Waals surface area contributed by atoms with Crippen LogP contribution in [0.3, 0.4) is 0 Å². The second kappa shape index (κ2) is 12.7. The highest BCUT2D eigenvalue weighted by atomic mass is 35.5. The van der Waals surface area contributed by atoms with Crippen LogP contribution in [0.15, 0.2) is 54.6 Å². The molecule has 0 spiro atoms. The van der Waals surface area contributed by atoms with Crippen LogP contribution in [-0.4, -0.2) is 30.9 Å². The zero-order valence-electron chi connectivity index (χ0n) is 15.4. The van der Waals surface area contributed by atoms with Crippen molar-refractivity contribution in [2.45, 2.75) is 25.9 Å².